The lowest BCUT2D eigenvalue weighted by atomic mass is 9.84. The largest absolute Gasteiger partial charge is 0.148 e. The van der Waals surface area contributed by atoms with E-state index in [-0.39, 0.29) is 0 Å². The molecule has 0 nitrogen and oxygen atoms in total. The molecule has 1 aliphatic heterocycles. The van der Waals surface area contributed by atoms with Crippen LogP contribution in [0.3, 0.4) is 0 Å². The fourth-order valence-electron chi connectivity index (χ4n) is 3.24. The summed E-state index contributed by atoms with van der Waals surface area (Å²) in [6.07, 6.45) is 11.2. The number of rotatable bonds is 1. The molecule has 0 amide bonds. The predicted molar refractivity (Wildman–Crippen MR) is 82.0 cm³/mol. The van der Waals surface area contributed by atoms with E-state index >= 15 is 0 Å². The van der Waals surface area contributed by atoms with Crippen LogP contribution in [-0.2, 0) is 6.42 Å². The lowest BCUT2D eigenvalue weighted by Crippen LogP contribution is -2.03. The molecule has 1 aromatic rings. The first-order valence-corrected chi connectivity index (χ1v) is 8.62. The molecule has 0 unspecified atom stereocenters. The van der Waals surface area contributed by atoms with Gasteiger partial charge in [0, 0.05) is 10.6 Å². The summed E-state index contributed by atoms with van der Waals surface area (Å²) in [5.74, 6) is 1.30. The van der Waals surface area contributed by atoms with Gasteiger partial charge in [-0.3, -0.25) is 0 Å². The smallest absolute Gasteiger partial charge is 0.0127 e. The summed E-state index contributed by atoms with van der Waals surface area (Å²) in [5, 5.41) is 2.26. The van der Waals surface area contributed by atoms with Crippen molar-refractivity contribution in [3.05, 3.63) is 50.1 Å². The van der Waals surface area contributed by atoms with Gasteiger partial charge in [-0.2, -0.15) is 0 Å². The van der Waals surface area contributed by atoms with Gasteiger partial charge in [-0.05, 0) is 70.7 Å². The van der Waals surface area contributed by atoms with E-state index < -0.39 is 0 Å². The quantitative estimate of drug-likeness (QED) is 0.678. The maximum absolute atomic E-state index is 2.49. The molecule has 2 aliphatic carbocycles. The molecule has 4 rings (SSSR count). The Labute approximate surface area is 116 Å². The number of aryl methyl sites for hydroxylation is 1. The summed E-state index contributed by atoms with van der Waals surface area (Å²) in [5.41, 5.74) is 6.28. The van der Waals surface area contributed by atoms with Gasteiger partial charge in [-0.15, -0.1) is 23.1 Å². The maximum atomic E-state index is 2.49. The van der Waals surface area contributed by atoms with E-state index in [1.165, 1.54) is 49.0 Å². The highest BCUT2D eigenvalue weighted by Gasteiger charge is 2.26. The van der Waals surface area contributed by atoms with Gasteiger partial charge in [-0.25, -0.2) is 0 Å². The number of hydrogen-bond donors (Lipinski definition) is 0. The van der Waals surface area contributed by atoms with Crippen molar-refractivity contribution in [2.24, 2.45) is 0 Å². The fraction of sp³-hybridized carbons (Fsp3) is 0.375. The van der Waals surface area contributed by atoms with Crippen molar-refractivity contribution < 1.29 is 0 Å². The molecule has 0 atom stereocenters. The number of fused-ring (bicyclic) bond motifs is 1. The van der Waals surface area contributed by atoms with Crippen LogP contribution >= 0.6 is 23.1 Å². The van der Waals surface area contributed by atoms with Gasteiger partial charge in [0.1, 0.15) is 0 Å². The van der Waals surface area contributed by atoms with Gasteiger partial charge in [-0.1, -0.05) is 12.2 Å². The van der Waals surface area contributed by atoms with Crippen molar-refractivity contribution in [3.63, 3.8) is 0 Å². The highest BCUT2D eigenvalue weighted by Crippen LogP contribution is 2.47. The third-order valence-electron chi connectivity index (χ3n) is 4.06. The van der Waals surface area contributed by atoms with E-state index in [9.17, 15) is 0 Å². The van der Waals surface area contributed by atoms with Crippen molar-refractivity contribution in [2.75, 3.05) is 5.75 Å². The SMILES string of the molecule is C1=C(C2=CCCc3sccc32)C2=C(CC1)SCC2. The number of hydrogen-bond acceptors (Lipinski definition) is 2. The van der Waals surface area contributed by atoms with Gasteiger partial charge in [0.15, 0.2) is 0 Å². The Morgan fingerprint density at radius 1 is 0.944 bits per heavy atom. The Kier molecular flexibility index (Phi) is 2.74. The van der Waals surface area contributed by atoms with Crippen molar-refractivity contribution in [1.29, 1.82) is 0 Å². The molecule has 0 N–H and O–H groups in total. The second-order valence-electron chi connectivity index (χ2n) is 5.07. The zero-order valence-corrected chi connectivity index (χ0v) is 12.0. The first-order valence-electron chi connectivity index (χ1n) is 6.76. The van der Waals surface area contributed by atoms with Crippen LogP contribution in [0.4, 0.5) is 0 Å². The summed E-state index contributed by atoms with van der Waals surface area (Å²) in [4.78, 5) is 3.27. The van der Waals surface area contributed by atoms with Crippen LogP contribution in [0, 0.1) is 0 Å². The first kappa shape index (κ1) is 11.1. The standard InChI is InChI=1S/C16H16S2/c1-3-11(13-7-9-17-15(13)5-1)12-4-2-6-16-14(12)8-10-18-16/h3-4,7,9H,1-2,5-6,8,10H2. The Balaban J connectivity index is 1.80. The molecule has 92 valence electrons. The molecule has 2 heteroatoms. The summed E-state index contributed by atoms with van der Waals surface area (Å²) in [6.45, 7) is 0. The number of allylic oxidation sites excluding steroid dienone is 6. The van der Waals surface area contributed by atoms with E-state index in [1.54, 1.807) is 20.9 Å². The lowest BCUT2D eigenvalue weighted by molar-refractivity contribution is 0.963. The molecule has 0 saturated carbocycles. The minimum absolute atomic E-state index is 1.22. The monoisotopic (exact) mass is 272 g/mol. The Morgan fingerprint density at radius 2 is 1.83 bits per heavy atom. The average molecular weight is 272 g/mol. The topological polar surface area (TPSA) is 0 Å². The van der Waals surface area contributed by atoms with Gasteiger partial charge in [0.25, 0.3) is 0 Å². The van der Waals surface area contributed by atoms with Crippen LogP contribution in [0.1, 0.15) is 36.1 Å². The third kappa shape index (κ3) is 1.66. The highest BCUT2D eigenvalue weighted by atomic mass is 32.2. The van der Waals surface area contributed by atoms with Crippen LogP contribution < -0.4 is 0 Å². The van der Waals surface area contributed by atoms with E-state index in [0.717, 1.165) is 0 Å². The molecule has 1 aromatic heterocycles. The van der Waals surface area contributed by atoms with E-state index in [1.807, 2.05) is 11.3 Å². The highest BCUT2D eigenvalue weighted by molar-refractivity contribution is 8.03. The first-order chi connectivity index (χ1) is 8.93. The fourth-order valence-corrected chi connectivity index (χ4v) is 5.35. The molecule has 0 saturated heterocycles. The second-order valence-corrected chi connectivity index (χ2v) is 7.26. The van der Waals surface area contributed by atoms with Gasteiger partial charge < -0.3 is 0 Å². The Bertz CT molecular complexity index is 584. The normalized spacial score (nSPS) is 22.4. The van der Waals surface area contributed by atoms with E-state index in [2.05, 4.69) is 35.4 Å². The van der Waals surface area contributed by atoms with Crippen molar-refractivity contribution in [1.82, 2.24) is 0 Å². The zero-order chi connectivity index (χ0) is 11.9. The van der Waals surface area contributed by atoms with Crippen LogP contribution in [0.5, 0.6) is 0 Å². The molecule has 0 aromatic carbocycles. The second kappa shape index (κ2) is 4.43. The summed E-state index contributed by atoms with van der Waals surface area (Å²) < 4.78 is 0. The van der Waals surface area contributed by atoms with E-state index in [4.69, 9.17) is 0 Å². The summed E-state index contributed by atoms with van der Waals surface area (Å²) in [6, 6.07) is 2.32. The maximum Gasteiger partial charge on any atom is 0.0127 e. The van der Waals surface area contributed by atoms with Crippen LogP contribution in [-0.4, -0.2) is 5.75 Å². The average Bonchev–Trinajstić information content (AvgIpc) is 3.06. The Hall–Kier alpha value is -0.730. The minimum Gasteiger partial charge on any atom is -0.148 e. The molecule has 0 radical (unpaired) electrons. The molecule has 0 spiro atoms. The van der Waals surface area contributed by atoms with Gasteiger partial charge >= 0.3 is 0 Å². The van der Waals surface area contributed by atoms with Crippen molar-refractivity contribution in [2.45, 2.75) is 32.1 Å². The Morgan fingerprint density at radius 3 is 2.83 bits per heavy atom. The zero-order valence-electron chi connectivity index (χ0n) is 10.4. The predicted octanol–water partition coefficient (Wildman–Crippen LogP) is 5.19. The summed E-state index contributed by atoms with van der Waals surface area (Å²) in [7, 11) is 0. The lowest BCUT2D eigenvalue weighted by Gasteiger charge is -2.22. The third-order valence-corrected chi connectivity index (χ3v) is 6.24. The van der Waals surface area contributed by atoms with Gasteiger partial charge in [0.2, 0.25) is 0 Å². The molecule has 3 aliphatic rings. The minimum atomic E-state index is 1.22. The van der Waals surface area contributed by atoms with Crippen molar-refractivity contribution >= 4 is 28.7 Å². The van der Waals surface area contributed by atoms with Gasteiger partial charge in [0.05, 0.1) is 0 Å². The molecular formula is C16H16S2. The number of thiophene rings is 1. The van der Waals surface area contributed by atoms with E-state index in [0.29, 0.717) is 0 Å². The van der Waals surface area contributed by atoms with Crippen molar-refractivity contribution in [3.8, 4) is 0 Å². The molecular weight excluding hydrogens is 256 g/mol. The van der Waals surface area contributed by atoms with Crippen LogP contribution in [0.25, 0.3) is 5.57 Å². The molecule has 0 bridgehead atoms. The number of thioether (sulfide) groups is 1. The summed E-state index contributed by atoms with van der Waals surface area (Å²) >= 11 is 4.02. The van der Waals surface area contributed by atoms with Crippen LogP contribution in [0.15, 0.2) is 39.6 Å². The molecule has 2 heterocycles. The molecule has 18 heavy (non-hydrogen) atoms. The van der Waals surface area contributed by atoms with Crippen LogP contribution in [0.2, 0.25) is 0 Å². The molecule has 0 fully saturated rings.